The normalized spacial score (nSPS) is 20.2. The van der Waals surface area contributed by atoms with E-state index in [1.165, 1.54) is 25.7 Å². The lowest BCUT2D eigenvalue weighted by Gasteiger charge is -2.13. The molecule has 1 aliphatic carbocycles. The van der Waals surface area contributed by atoms with Crippen LogP contribution in [0.25, 0.3) is 0 Å². The van der Waals surface area contributed by atoms with Crippen LogP contribution in [0.15, 0.2) is 0 Å². The molecule has 76 valence electrons. The van der Waals surface area contributed by atoms with Crippen molar-refractivity contribution in [3.05, 3.63) is 0 Å². The number of carbonyl (C=O) groups excluding carboxylic acids is 1. The first-order valence-corrected chi connectivity index (χ1v) is 6.20. The summed E-state index contributed by atoms with van der Waals surface area (Å²) in [5.41, 5.74) is 0. The highest BCUT2D eigenvalue weighted by Crippen LogP contribution is 2.27. The summed E-state index contributed by atoms with van der Waals surface area (Å²) < 4.78 is 0. The van der Waals surface area contributed by atoms with E-state index in [2.05, 4.69) is 21.2 Å². The topological polar surface area (TPSA) is 29.1 Å². The van der Waals surface area contributed by atoms with Crippen LogP contribution in [0.5, 0.6) is 0 Å². The minimum atomic E-state index is 0.221. The average Bonchev–Trinajstić information content (AvgIpc) is 2.56. The molecule has 1 rings (SSSR count). The molecule has 3 heteroatoms. The van der Waals surface area contributed by atoms with Gasteiger partial charge in [-0.1, -0.05) is 28.8 Å². The summed E-state index contributed by atoms with van der Waals surface area (Å²) in [5.74, 6) is 0.876. The number of amides is 1. The van der Waals surface area contributed by atoms with E-state index in [-0.39, 0.29) is 11.9 Å². The van der Waals surface area contributed by atoms with Crippen molar-refractivity contribution in [1.29, 1.82) is 0 Å². The molecule has 1 aliphatic rings. The molecule has 2 nitrogen and oxygen atoms in total. The van der Waals surface area contributed by atoms with E-state index in [4.69, 9.17) is 0 Å². The van der Waals surface area contributed by atoms with E-state index >= 15 is 0 Å². The standard InChI is InChI=1S/C10H18BrNO/c1-8(7-11)12-10(13)6-9-4-2-3-5-9/h8-9H,2-7H2,1H3,(H,12,13). The lowest BCUT2D eigenvalue weighted by molar-refractivity contribution is -0.122. The second-order valence-corrected chi connectivity index (χ2v) is 4.62. The van der Waals surface area contributed by atoms with Crippen LogP contribution in [0.1, 0.15) is 39.0 Å². The Kier molecular flexibility index (Phi) is 4.78. The highest BCUT2D eigenvalue weighted by Gasteiger charge is 2.18. The predicted molar refractivity (Wildman–Crippen MR) is 58.0 cm³/mol. The zero-order valence-corrected chi connectivity index (χ0v) is 9.77. The lowest BCUT2D eigenvalue weighted by atomic mass is 10.0. The summed E-state index contributed by atoms with van der Waals surface area (Å²) in [6, 6.07) is 0.258. The Labute approximate surface area is 88.6 Å². The molecule has 13 heavy (non-hydrogen) atoms. The van der Waals surface area contributed by atoms with Gasteiger partial charge >= 0.3 is 0 Å². The Bertz CT molecular complexity index is 166. The van der Waals surface area contributed by atoms with Crippen molar-refractivity contribution in [1.82, 2.24) is 5.32 Å². The van der Waals surface area contributed by atoms with Crippen molar-refractivity contribution in [3.8, 4) is 0 Å². The van der Waals surface area contributed by atoms with Crippen LogP contribution in [-0.2, 0) is 4.79 Å². The van der Waals surface area contributed by atoms with Crippen molar-refractivity contribution in [2.75, 3.05) is 5.33 Å². The molecule has 1 fully saturated rings. The molecule has 1 unspecified atom stereocenters. The Morgan fingerprint density at radius 3 is 2.69 bits per heavy atom. The van der Waals surface area contributed by atoms with Crippen LogP contribution in [-0.4, -0.2) is 17.3 Å². The van der Waals surface area contributed by atoms with E-state index in [0.29, 0.717) is 5.92 Å². The molecule has 0 spiro atoms. The fourth-order valence-corrected chi connectivity index (χ4v) is 2.01. The fourth-order valence-electron chi connectivity index (χ4n) is 1.85. The van der Waals surface area contributed by atoms with Crippen molar-refractivity contribution in [2.24, 2.45) is 5.92 Å². The molecule has 0 aromatic carbocycles. The molecule has 0 aromatic rings. The molecule has 1 saturated carbocycles. The van der Waals surface area contributed by atoms with Crippen LogP contribution < -0.4 is 5.32 Å². The van der Waals surface area contributed by atoms with Crippen LogP contribution in [0, 0.1) is 5.92 Å². The number of hydrogen-bond acceptors (Lipinski definition) is 1. The first-order chi connectivity index (χ1) is 6.22. The van der Waals surface area contributed by atoms with Gasteiger partial charge in [-0.25, -0.2) is 0 Å². The first-order valence-electron chi connectivity index (χ1n) is 5.07. The minimum absolute atomic E-state index is 0.221. The van der Waals surface area contributed by atoms with Crippen molar-refractivity contribution < 1.29 is 4.79 Å². The van der Waals surface area contributed by atoms with Gasteiger partial charge in [-0.15, -0.1) is 0 Å². The van der Waals surface area contributed by atoms with Crippen LogP contribution in [0.2, 0.25) is 0 Å². The minimum Gasteiger partial charge on any atom is -0.353 e. The van der Waals surface area contributed by atoms with Crippen LogP contribution in [0.4, 0.5) is 0 Å². The molecule has 1 atom stereocenters. The maximum absolute atomic E-state index is 11.4. The molecule has 0 aliphatic heterocycles. The number of nitrogens with one attached hydrogen (secondary N) is 1. The highest BCUT2D eigenvalue weighted by molar-refractivity contribution is 9.09. The van der Waals surface area contributed by atoms with Crippen molar-refractivity contribution >= 4 is 21.8 Å². The first kappa shape index (κ1) is 11.0. The van der Waals surface area contributed by atoms with Gasteiger partial charge in [-0.2, -0.15) is 0 Å². The van der Waals surface area contributed by atoms with E-state index in [1.807, 2.05) is 6.92 Å². The monoisotopic (exact) mass is 247 g/mol. The number of carbonyl (C=O) groups is 1. The molecule has 0 heterocycles. The smallest absolute Gasteiger partial charge is 0.220 e. The van der Waals surface area contributed by atoms with Gasteiger partial charge in [0, 0.05) is 17.8 Å². The molecule has 0 radical (unpaired) electrons. The van der Waals surface area contributed by atoms with Gasteiger partial charge in [-0.3, -0.25) is 4.79 Å². The predicted octanol–water partition coefficient (Wildman–Crippen LogP) is 2.47. The summed E-state index contributed by atoms with van der Waals surface area (Å²) >= 11 is 3.34. The van der Waals surface area contributed by atoms with Gasteiger partial charge in [-0.05, 0) is 25.7 Å². The number of halogens is 1. The van der Waals surface area contributed by atoms with Gasteiger partial charge in [0.25, 0.3) is 0 Å². The number of rotatable bonds is 4. The quantitative estimate of drug-likeness (QED) is 0.761. The van der Waals surface area contributed by atoms with E-state index < -0.39 is 0 Å². The SMILES string of the molecule is CC(CBr)NC(=O)CC1CCCC1. The Morgan fingerprint density at radius 2 is 2.15 bits per heavy atom. The third-order valence-corrected chi connectivity index (χ3v) is 3.56. The molecule has 0 bridgehead atoms. The third-order valence-electron chi connectivity index (χ3n) is 2.59. The summed E-state index contributed by atoms with van der Waals surface area (Å²) in [4.78, 5) is 11.4. The highest BCUT2D eigenvalue weighted by atomic mass is 79.9. The third kappa shape index (κ3) is 4.12. The molecular formula is C10H18BrNO. The Balaban J connectivity index is 2.16. The Hall–Kier alpha value is -0.0500. The van der Waals surface area contributed by atoms with E-state index in [0.717, 1.165) is 11.8 Å². The lowest BCUT2D eigenvalue weighted by Crippen LogP contribution is -2.34. The van der Waals surface area contributed by atoms with Gasteiger partial charge in [0.1, 0.15) is 0 Å². The molecular weight excluding hydrogens is 230 g/mol. The summed E-state index contributed by atoms with van der Waals surface area (Å²) in [7, 11) is 0. The van der Waals surface area contributed by atoms with E-state index in [9.17, 15) is 4.79 Å². The molecule has 0 aromatic heterocycles. The van der Waals surface area contributed by atoms with Crippen LogP contribution >= 0.6 is 15.9 Å². The van der Waals surface area contributed by atoms with Gasteiger partial charge < -0.3 is 5.32 Å². The summed E-state index contributed by atoms with van der Waals surface area (Å²) in [5, 5.41) is 3.81. The van der Waals surface area contributed by atoms with Crippen molar-refractivity contribution in [3.63, 3.8) is 0 Å². The van der Waals surface area contributed by atoms with Crippen LogP contribution in [0.3, 0.4) is 0 Å². The second-order valence-electron chi connectivity index (χ2n) is 3.98. The Morgan fingerprint density at radius 1 is 1.54 bits per heavy atom. The number of hydrogen-bond donors (Lipinski definition) is 1. The fraction of sp³-hybridized carbons (Fsp3) is 0.900. The average molecular weight is 248 g/mol. The summed E-state index contributed by atoms with van der Waals surface area (Å²) in [6.07, 6.45) is 5.85. The molecule has 1 amide bonds. The maximum Gasteiger partial charge on any atom is 0.220 e. The zero-order valence-electron chi connectivity index (χ0n) is 8.18. The summed E-state index contributed by atoms with van der Waals surface area (Å²) in [6.45, 7) is 2.02. The number of alkyl halides is 1. The van der Waals surface area contributed by atoms with Gasteiger partial charge in [0.05, 0.1) is 0 Å². The van der Waals surface area contributed by atoms with Crippen molar-refractivity contribution in [2.45, 2.75) is 45.1 Å². The maximum atomic E-state index is 11.4. The zero-order chi connectivity index (χ0) is 9.68. The largest absolute Gasteiger partial charge is 0.353 e. The second kappa shape index (κ2) is 5.63. The van der Waals surface area contributed by atoms with E-state index in [1.54, 1.807) is 0 Å². The molecule has 1 N–H and O–H groups in total. The molecule has 0 saturated heterocycles. The van der Waals surface area contributed by atoms with Gasteiger partial charge in [0.15, 0.2) is 0 Å². The van der Waals surface area contributed by atoms with Gasteiger partial charge in [0.2, 0.25) is 5.91 Å².